The van der Waals surface area contributed by atoms with E-state index in [-0.39, 0.29) is 63.6 Å². The van der Waals surface area contributed by atoms with E-state index in [0.717, 1.165) is 63.4 Å². The highest BCUT2D eigenvalue weighted by Crippen LogP contribution is 2.72. The molecule has 13 atom stereocenters. The van der Waals surface area contributed by atoms with E-state index >= 15 is 0 Å². The van der Waals surface area contributed by atoms with Gasteiger partial charge in [0.15, 0.2) is 17.2 Å². The molecule has 7 nitrogen and oxygen atoms in total. The van der Waals surface area contributed by atoms with Gasteiger partial charge in [-0.2, -0.15) is 0 Å². The van der Waals surface area contributed by atoms with Gasteiger partial charge in [-0.25, -0.2) is 0 Å². The van der Waals surface area contributed by atoms with E-state index in [9.17, 15) is 24.3 Å². The molecule has 5 saturated carbocycles. The van der Waals surface area contributed by atoms with Crippen molar-refractivity contribution in [3.05, 3.63) is 52.1 Å². The highest BCUT2D eigenvalue weighted by Gasteiger charge is 2.70. The van der Waals surface area contributed by atoms with Gasteiger partial charge in [0.2, 0.25) is 0 Å². The molecular formula is C47H61ClO7. The fourth-order valence-corrected chi connectivity index (χ4v) is 14.7. The number of phenols is 1. The quantitative estimate of drug-likeness (QED) is 0.287. The molecule has 8 heteroatoms. The third kappa shape index (κ3) is 5.92. The van der Waals surface area contributed by atoms with Crippen LogP contribution in [-0.2, 0) is 35.1 Å². The summed E-state index contributed by atoms with van der Waals surface area (Å²) in [6.45, 7) is 11.9. The zero-order valence-corrected chi connectivity index (χ0v) is 34.5. The maximum Gasteiger partial charge on any atom is 0.306 e. The smallest absolute Gasteiger partial charge is 0.306 e. The number of unbranched alkanes of at least 4 members (excludes halogenated alkanes) is 1. The molecule has 0 amide bonds. The molecule has 1 aromatic rings. The van der Waals surface area contributed by atoms with E-state index in [1.165, 1.54) is 37.3 Å². The first-order valence-corrected chi connectivity index (χ1v) is 21.8. The monoisotopic (exact) mass is 772 g/mol. The molecule has 8 aliphatic rings. The van der Waals surface area contributed by atoms with Gasteiger partial charge in [-0.15, -0.1) is 0 Å². The number of carbonyl (C=O) groups excluding carboxylic acids is 4. The molecule has 1 N–H and O–H groups in total. The highest BCUT2D eigenvalue weighted by molar-refractivity contribution is 6.32. The summed E-state index contributed by atoms with van der Waals surface area (Å²) in [6, 6.07) is 5.97. The Morgan fingerprint density at radius 2 is 1.67 bits per heavy atom. The molecule has 0 spiro atoms. The zero-order chi connectivity index (χ0) is 39.2. The predicted molar refractivity (Wildman–Crippen MR) is 211 cm³/mol. The number of phenolic OH excluding ortho intramolecular Hbond substituents is 1. The van der Waals surface area contributed by atoms with Gasteiger partial charge in [-0.05, 0) is 160 Å². The molecule has 5 fully saturated rings. The number of benzene rings is 1. The number of rotatable bonds is 6. The van der Waals surface area contributed by atoms with Crippen LogP contribution < -0.4 is 0 Å². The Morgan fingerprint density at radius 3 is 2.40 bits per heavy atom. The first-order valence-electron chi connectivity index (χ1n) is 21.4. The first kappa shape index (κ1) is 38.9. The van der Waals surface area contributed by atoms with Gasteiger partial charge in [-0.3, -0.25) is 19.2 Å². The van der Waals surface area contributed by atoms with Crippen molar-refractivity contribution in [1.82, 2.24) is 0 Å². The van der Waals surface area contributed by atoms with Crippen molar-refractivity contribution >= 4 is 35.1 Å². The van der Waals surface area contributed by atoms with Crippen LogP contribution in [0.25, 0.3) is 0 Å². The minimum absolute atomic E-state index is 0.00492. The number of halogens is 1. The third-order valence-electron chi connectivity index (χ3n) is 17.1. The molecule has 0 saturated heterocycles. The minimum atomic E-state index is -1.03. The van der Waals surface area contributed by atoms with E-state index < -0.39 is 5.60 Å². The maximum atomic E-state index is 12.8. The zero-order valence-electron chi connectivity index (χ0n) is 33.8. The van der Waals surface area contributed by atoms with Gasteiger partial charge in [0.1, 0.15) is 11.9 Å². The van der Waals surface area contributed by atoms with E-state index in [1.807, 2.05) is 18.2 Å². The van der Waals surface area contributed by atoms with Crippen LogP contribution in [0.4, 0.5) is 0 Å². The fraction of sp³-hybridized carbons (Fsp3) is 0.702. The van der Waals surface area contributed by atoms with Crippen LogP contribution in [0, 0.1) is 57.7 Å². The number of Topliss-reactive ketones (excluding diaryl/α,β-unsaturated/α-hetero) is 1. The molecule has 298 valence electrons. The summed E-state index contributed by atoms with van der Waals surface area (Å²) in [5, 5.41) is 10.5. The van der Waals surface area contributed by atoms with Gasteiger partial charge in [0, 0.05) is 40.5 Å². The van der Waals surface area contributed by atoms with E-state index in [0.29, 0.717) is 53.2 Å². The number of aromatic hydroxyl groups is 1. The molecule has 8 aliphatic carbocycles. The van der Waals surface area contributed by atoms with Gasteiger partial charge < -0.3 is 14.6 Å². The van der Waals surface area contributed by atoms with Crippen molar-refractivity contribution in [2.75, 3.05) is 0 Å². The number of allylic oxidation sites excluding steroid dienone is 4. The highest BCUT2D eigenvalue weighted by atomic mass is 35.5. The summed E-state index contributed by atoms with van der Waals surface area (Å²) in [7, 11) is 0. The van der Waals surface area contributed by atoms with Gasteiger partial charge in [-0.1, -0.05) is 57.9 Å². The normalized spacial score (nSPS) is 42.9. The average Bonchev–Trinajstić information content (AvgIpc) is 3.82. The van der Waals surface area contributed by atoms with Crippen molar-refractivity contribution in [2.24, 2.45) is 57.7 Å². The molecule has 9 rings (SSSR count). The summed E-state index contributed by atoms with van der Waals surface area (Å²) >= 11 is 6.79. The SMILES string of the molecule is CC(=O)O[C@]1(C(C)=O)CC[C@H]2[C@@H]3C=C(Cl)C4=CC(=O)[C@@H]5C[C@@H]5[C@]4(C)[C@H]3CC[C@@]21C.CCCCC(=O)O[C@H]1CC[C@H]2[C@@H]3CCc4cc(O)ccc4[C@H]3CC[C@]12C. The van der Waals surface area contributed by atoms with E-state index in [4.69, 9.17) is 21.1 Å². The molecule has 0 aromatic heterocycles. The Balaban J connectivity index is 0.000000156. The third-order valence-corrected chi connectivity index (χ3v) is 17.5. The largest absolute Gasteiger partial charge is 0.508 e. The number of fused-ring (bicyclic) bond motifs is 12. The topological polar surface area (TPSA) is 107 Å². The van der Waals surface area contributed by atoms with Crippen LogP contribution in [0.15, 0.2) is 41.0 Å². The molecule has 0 unspecified atom stereocenters. The molecule has 0 aliphatic heterocycles. The van der Waals surface area contributed by atoms with Crippen molar-refractivity contribution in [3.63, 3.8) is 0 Å². The summed E-state index contributed by atoms with van der Waals surface area (Å²) in [6.07, 6.45) is 17.7. The van der Waals surface area contributed by atoms with Gasteiger partial charge in [0.25, 0.3) is 0 Å². The Bertz CT molecular complexity index is 1850. The van der Waals surface area contributed by atoms with Crippen LogP contribution in [0.2, 0.25) is 0 Å². The number of esters is 2. The van der Waals surface area contributed by atoms with E-state index in [1.54, 1.807) is 6.92 Å². The van der Waals surface area contributed by atoms with Crippen molar-refractivity contribution < 1.29 is 33.8 Å². The lowest BCUT2D eigenvalue weighted by atomic mass is 9.47. The second-order valence-electron chi connectivity index (χ2n) is 19.5. The van der Waals surface area contributed by atoms with E-state index in [2.05, 4.69) is 39.8 Å². The van der Waals surface area contributed by atoms with Crippen molar-refractivity contribution in [1.29, 1.82) is 0 Å². The lowest BCUT2D eigenvalue weighted by molar-refractivity contribution is -0.185. The van der Waals surface area contributed by atoms with Crippen molar-refractivity contribution in [3.8, 4) is 5.75 Å². The van der Waals surface area contributed by atoms with Crippen LogP contribution in [0.3, 0.4) is 0 Å². The summed E-state index contributed by atoms with van der Waals surface area (Å²) < 4.78 is 11.8. The molecule has 55 heavy (non-hydrogen) atoms. The first-order chi connectivity index (χ1) is 26.1. The second-order valence-corrected chi connectivity index (χ2v) is 19.9. The molecule has 0 bridgehead atoms. The van der Waals surface area contributed by atoms with Gasteiger partial charge >= 0.3 is 11.9 Å². The van der Waals surface area contributed by atoms with Crippen LogP contribution in [0.5, 0.6) is 5.75 Å². The predicted octanol–water partition coefficient (Wildman–Crippen LogP) is 9.96. The van der Waals surface area contributed by atoms with Crippen LogP contribution in [0.1, 0.15) is 142 Å². The fourth-order valence-electron chi connectivity index (χ4n) is 14.3. The molecule has 0 radical (unpaired) electrons. The standard InChI is InChI=1S/C24H29ClO4.C23H32O3/c1-12(26)24(29-13(2)27)8-6-16-14-10-20(25)19-11-21(28)15-9-18(15)23(19,4)17(14)5-7-22(16,24)3;1-3-4-5-22(25)26-21-11-10-20-19-8-6-15-14-16(24)7-9-17(15)18(19)12-13-23(20,21)2/h10-11,14-18H,5-9H2,1-4H3;7,9,14,18-21,24H,3-6,8,10-13H2,1-2H3/t14-,15+,16-,17-,18-,22-,23-,24-;18-,19-,20+,21+,23+/m01/s1. The number of hydrogen-bond donors (Lipinski definition) is 1. The summed E-state index contributed by atoms with van der Waals surface area (Å²) in [4.78, 5) is 49.3. The Morgan fingerprint density at radius 1 is 0.909 bits per heavy atom. The van der Waals surface area contributed by atoms with Crippen molar-refractivity contribution in [2.45, 2.75) is 149 Å². The Kier molecular flexibility index (Phi) is 9.82. The number of ketones is 2. The molecule has 1 aromatic carbocycles. The lowest BCUT2D eigenvalue weighted by Gasteiger charge is -2.57. The van der Waals surface area contributed by atoms with Gasteiger partial charge in [0.05, 0.1) is 0 Å². The molecule has 0 heterocycles. The second kappa shape index (κ2) is 13.9. The number of ether oxygens (including phenoxy) is 2. The summed E-state index contributed by atoms with van der Waals surface area (Å²) in [5.74, 6) is 3.64. The lowest BCUT2D eigenvalue weighted by Crippen LogP contribution is -2.58. The number of carbonyl (C=O) groups is 4. The number of hydrogen-bond acceptors (Lipinski definition) is 7. The van der Waals surface area contributed by atoms with Crippen LogP contribution >= 0.6 is 11.6 Å². The molecular weight excluding hydrogens is 712 g/mol. The Hall–Kier alpha value is -2.93. The maximum absolute atomic E-state index is 12.8. The number of aryl methyl sites for hydroxylation is 1. The summed E-state index contributed by atoms with van der Waals surface area (Å²) in [5.41, 5.74) is 2.50. The minimum Gasteiger partial charge on any atom is -0.508 e. The average molecular weight is 773 g/mol. The Labute approximate surface area is 332 Å². The van der Waals surface area contributed by atoms with Crippen LogP contribution in [-0.4, -0.2) is 40.3 Å².